The topological polar surface area (TPSA) is 44.5 Å². The third kappa shape index (κ3) is 4.98. The first-order valence-electron chi connectivity index (χ1n) is 6.02. The summed E-state index contributed by atoms with van der Waals surface area (Å²) in [5.74, 6) is 0.110. The molecule has 0 spiro atoms. The largest absolute Gasteiger partial charge is 0.434 e. The van der Waals surface area contributed by atoms with E-state index in [1.807, 2.05) is 0 Å². The zero-order valence-electron chi connectivity index (χ0n) is 10.4. The normalized spacial score (nSPS) is 12.7. The molecular weight excluding hydrogens is 240 g/mol. The van der Waals surface area contributed by atoms with E-state index in [9.17, 15) is 8.78 Å². The lowest BCUT2D eigenvalue weighted by Crippen LogP contribution is -2.19. The number of hydrogen-bond acceptors (Lipinski definition) is 3. The second kappa shape index (κ2) is 8.00. The van der Waals surface area contributed by atoms with E-state index in [0.29, 0.717) is 18.8 Å². The molecule has 0 radical (unpaired) electrons. The molecule has 0 aliphatic rings. The fourth-order valence-electron chi connectivity index (χ4n) is 1.54. The molecule has 0 saturated carbocycles. The van der Waals surface area contributed by atoms with Crippen LogP contribution >= 0.6 is 0 Å². The fourth-order valence-corrected chi connectivity index (χ4v) is 1.54. The van der Waals surface area contributed by atoms with E-state index in [0.717, 1.165) is 12.8 Å². The number of hydrogen-bond donors (Lipinski definition) is 1. The fraction of sp³-hybridized carbons (Fsp3) is 0.538. The van der Waals surface area contributed by atoms with Crippen molar-refractivity contribution in [2.24, 2.45) is 5.73 Å². The smallest absolute Gasteiger partial charge is 0.387 e. The Morgan fingerprint density at radius 1 is 1.28 bits per heavy atom. The van der Waals surface area contributed by atoms with Crippen molar-refractivity contribution in [2.75, 3.05) is 13.2 Å². The van der Waals surface area contributed by atoms with E-state index in [-0.39, 0.29) is 5.75 Å². The molecule has 18 heavy (non-hydrogen) atoms. The van der Waals surface area contributed by atoms with Gasteiger partial charge in [-0.25, -0.2) is 0 Å². The molecule has 0 aliphatic carbocycles. The van der Waals surface area contributed by atoms with Crippen LogP contribution in [0.25, 0.3) is 0 Å². The lowest BCUT2D eigenvalue weighted by Gasteiger charge is -2.16. The second-order valence-corrected chi connectivity index (χ2v) is 3.95. The van der Waals surface area contributed by atoms with E-state index >= 15 is 0 Å². The van der Waals surface area contributed by atoms with Gasteiger partial charge in [0.2, 0.25) is 0 Å². The molecule has 1 aromatic carbocycles. The van der Waals surface area contributed by atoms with E-state index in [4.69, 9.17) is 10.5 Å². The third-order valence-corrected chi connectivity index (χ3v) is 2.47. The summed E-state index contributed by atoms with van der Waals surface area (Å²) in [4.78, 5) is 0. The van der Waals surface area contributed by atoms with Crippen LogP contribution in [0.3, 0.4) is 0 Å². The standard InChI is InChI=1S/C13H19F2NO2/c1-2-3-8-17-9-11(16)10-6-4-5-7-12(10)18-13(14)15/h4-7,11,13H,2-3,8-9,16H2,1H3. The number of rotatable bonds is 8. The summed E-state index contributed by atoms with van der Waals surface area (Å²) in [6.45, 7) is 0.139. The predicted molar refractivity (Wildman–Crippen MR) is 65.7 cm³/mol. The summed E-state index contributed by atoms with van der Waals surface area (Å²) in [7, 11) is 0. The van der Waals surface area contributed by atoms with Crippen LogP contribution in [-0.4, -0.2) is 19.8 Å². The molecule has 1 aromatic rings. The van der Waals surface area contributed by atoms with Gasteiger partial charge < -0.3 is 15.2 Å². The number of nitrogens with two attached hydrogens (primary N) is 1. The Morgan fingerprint density at radius 2 is 2.00 bits per heavy atom. The van der Waals surface area contributed by atoms with Crippen molar-refractivity contribution in [3.8, 4) is 5.75 Å². The third-order valence-electron chi connectivity index (χ3n) is 2.47. The van der Waals surface area contributed by atoms with Crippen LogP contribution in [0, 0.1) is 0 Å². The van der Waals surface area contributed by atoms with Crippen LogP contribution < -0.4 is 10.5 Å². The summed E-state index contributed by atoms with van der Waals surface area (Å²) in [5.41, 5.74) is 6.44. The maximum Gasteiger partial charge on any atom is 0.387 e. The Balaban J connectivity index is 2.57. The summed E-state index contributed by atoms with van der Waals surface area (Å²) in [5, 5.41) is 0. The number of unbranched alkanes of at least 4 members (excludes halogenated alkanes) is 1. The van der Waals surface area contributed by atoms with Crippen molar-refractivity contribution in [1.29, 1.82) is 0 Å². The number of para-hydroxylation sites is 1. The van der Waals surface area contributed by atoms with Gasteiger partial charge in [0.1, 0.15) is 5.75 Å². The van der Waals surface area contributed by atoms with Crippen LogP contribution in [0.1, 0.15) is 31.4 Å². The van der Waals surface area contributed by atoms with Gasteiger partial charge in [-0.15, -0.1) is 0 Å². The Labute approximate surface area is 106 Å². The minimum atomic E-state index is -2.85. The van der Waals surface area contributed by atoms with Gasteiger partial charge in [-0.05, 0) is 12.5 Å². The van der Waals surface area contributed by atoms with Gasteiger partial charge in [0.15, 0.2) is 0 Å². The van der Waals surface area contributed by atoms with Crippen molar-refractivity contribution in [3.63, 3.8) is 0 Å². The lowest BCUT2D eigenvalue weighted by atomic mass is 10.1. The number of alkyl halides is 2. The van der Waals surface area contributed by atoms with Crippen molar-refractivity contribution >= 4 is 0 Å². The molecule has 0 heterocycles. The molecule has 3 nitrogen and oxygen atoms in total. The van der Waals surface area contributed by atoms with Crippen LogP contribution in [0.2, 0.25) is 0 Å². The number of benzene rings is 1. The molecule has 0 amide bonds. The molecule has 1 unspecified atom stereocenters. The highest BCUT2D eigenvalue weighted by atomic mass is 19.3. The summed E-state index contributed by atoms with van der Waals surface area (Å²) in [6.07, 6.45) is 2.00. The van der Waals surface area contributed by atoms with Crippen LogP contribution in [0.5, 0.6) is 5.75 Å². The van der Waals surface area contributed by atoms with E-state index < -0.39 is 12.7 Å². The van der Waals surface area contributed by atoms with Crippen LogP contribution in [0.4, 0.5) is 8.78 Å². The molecule has 2 N–H and O–H groups in total. The number of ether oxygens (including phenoxy) is 2. The first-order valence-corrected chi connectivity index (χ1v) is 6.02. The minimum absolute atomic E-state index is 0.110. The maximum absolute atomic E-state index is 12.2. The average Bonchev–Trinajstić information content (AvgIpc) is 2.34. The highest BCUT2D eigenvalue weighted by Gasteiger charge is 2.14. The van der Waals surface area contributed by atoms with Gasteiger partial charge in [0.05, 0.1) is 12.6 Å². The average molecular weight is 259 g/mol. The second-order valence-electron chi connectivity index (χ2n) is 3.95. The summed E-state index contributed by atoms with van der Waals surface area (Å²) in [6, 6.07) is 6.06. The van der Waals surface area contributed by atoms with Gasteiger partial charge in [-0.3, -0.25) is 0 Å². The van der Waals surface area contributed by atoms with Crippen LogP contribution in [-0.2, 0) is 4.74 Å². The molecule has 0 bridgehead atoms. The minimum Gasteiger partial charge on any atom is -0.434 e. The Hall–Kier alpha value is -1.20. The zero-order chi connectivity index (χ0) is 13.4. The van der Waals surface area contributed by atoms with Gasteiger partial charge in [0, 0.05) is 12.2 Å². The highest BCUT2D eigenvalue weighted by Crippen LogP contribution is 2.25. The van der Waals surface area contributed by atoms with Gasteiger partial charge >= 0.3 is 6.61 Å². The molecule has 1 rings (SSSR count). The lowest BCUT2D eigenvalue weighted by molar-refractivity contribution is -0.0508. The van der Waals surface area contributed by atoms with E-state index in [1.165, 1.54) is 6.07 Å². The first-order chi connectivity index (χ1) is 8.65. The molecular formula is C13H19F2NO2. The highest BCUT2D eigenvalue weighted by molar-refractivity contribution is 5.35. The molecule has 5 heteroatoms. The molecule has 1 atom stereocenters. The Morgan fingerprint density at radius 3 is 2.67 bits per heavy atom. The molecule has 0 aliphatic heterocycles. The molecule has 0 saturated heterocycles. The zero-order valence-corrected chi connectivity index (χ0v) is 10.4. The van der Waals surface area contributed by atoms with Gasteiger partial charge in [-0.2, -0.15) is 8.78 Å². The van der Waals surface area contributed by atoms with Gasteiger partial charge in [-0.1, -0.05) is 31.5 Å². The van der Waals surface area contributed by atoms with E-state index in [2.05, 4.69) is 11.7 Å². The van der Waals surface area contributed by atoms with Crippen molar-refractivity contribution in [2.45, 2.75) is 32.4 Å². The Kier molecular flexibility index (Phi) is 6.60. The van der Waals surface area contributed by atoms with Crippen LogP contribution in [0.15, 0.2) is 24.3 Å². The van der Waals surface area contributed by atoms with E-state index in [1.54, 1.807) is 18.2 Å². The maximum atomic E-state index is 12.2. The quantitative estimate of drug-likeness (QED) is 0.729. The van der Waals surface area contributed by atoms with Crippen molar-refractivity contribution in [1.82, 2.24) is 0 Å². The molecule has 0 fully saturated rings. The predicted octanol–water partition coefficient (Wildman–Crippen LogP) is 3.10. The molecule has 0 aromatic heterocycles. The van der Waals surface area contributed by atoms with Crippen molar-refractivity contribution in [3.05, 3.63) is 29.8 Å². The number of halogens is 2. The SMILES string of the molecule is CCCCOCC(N)c1ccccc1OC(F)F. The Bertz CT molecular complexity index is 348. The summed E-state index contributed by atoms with van der Waals surface area (Å²) < 4.78 is 34.3. The summed E-state index contributed by atoms with van der Waals surface area (Å²) >= 11 is 0. The van der Waals surface area contributed by atoms with Crippen molar-refractivity contribution < 1.29 is 18.3 Å². The monoisotopic (exact) mass is 259 g/mol. The molecule has 102 valence electrons. The first kappa shape index (κ1) is 14.9. The van der Waals surface area contributed by atoms with Gasteiger partial charge in [0.25, 0.3) is 0 Å².